The molecule has 3 heteroatoms. The zero-order valence-corrected chi connectivity index (χ0v) is 13.3. The van der Waals surface area contributed by atoms with Crippen LogP contribution in [0.1, 0.15) is 45.1 Å². The molecule has 0 aromatic heterocycles. The van der Waals surface area contributed by atoms with Crippen LogP contribution in [0.25, 0.3) is 0 Å². The average molecular weight is 288 g/mol. The van der Waals surface area contributed by atoms with Gasteiger partial charge in [-0.15, -0.1) is 0 Å². The Bertz CT molecular complexity index is 431. The minimum atomic E-state index is 0.241. The second-order valence-corrected chi connectivity index (χ2v) is 6.73. The number of nitrogens with zero attached hydrogens (tertiary/aromatic N) is 1. The summed E-state index contributed by atoms with van der Waals surface area (Å²) in [5.41, 5.74) is 1.34. The zero-order valence-electron chi connectivity index (χ0n) is 13.3. The van der Waals surface area contributed by atoms with E-state index >= 15 is 0 Å². The van der Waals surface area contributed by atoms with E-state index in [0.717, 1.165) is 18.3 Å². The molecule has 1 aromatic rings. The van der Waals surface area contributed by atoms with Gasteiger partial charge in [0, 0.05) is 18.6 Å². The fraction of sp³-hybridized carbons (Fsp3) is 0.667. The number of piperidine rings is 1. The highest BCUT2D eigenvalue weighted by Gasteiger charge is 2.31. The molecule has 0 amide bonds. The van der Waals surface area contributed by atoms with Crippen LogP contribution in [0, 0.1) is 0 Å². The van der Waals surface area contributed by atoms with Crippen LogP contribution in [0.5, 0.6) is 5.75 Å². The van der Waals surface area contributed by atoms with Gasteiger partial charge in [-0.3, -0.25) is 0 Å². The van der Waals surface area contributed by atoms with E-state index in [4.69, 9.17) is 4.74 Å². The lowest BCUT2D eigenvalue weighted by Crippen LogP contribution is -2.43. The molecule has 2 aliphatic rings. The van der Waals surface area contributed by atoms with Crippen LogP contribution >= 0.6 is 0 Å². The minimum Gasteiger partial charge on any atom is -0.491 e. The average Bonchev–Trinajstić information content (AvgIpc) is 3.31. The summed E-state index contributed by atoms with van der Waals surface area (Å²) in [5.74, 6) is 0.964. The molecule has 2 fully saturated rings. The van der Waals surface area contributed by atoms with Crippen LogP contribution in [0.3, 0.4) is 0 Å². The molecule has 1 aliphatic heterocycles. The third-order valence-corrected chi connectivity index (χ3v) is 4.48. The van der Waals surface area contributed by atoms with Gasteiger partial charge in [0.15, 0.2) is 0 Å². The van der Waals surface area contributed by atoms with Crippen molar-refractivity contribution in [1.29, 1.82) is 0 Å². The Morgan fingerprint density at radius 3 is 2.33 bits per heavy atom. The van der Waals surface area contributed by atoms with Crippen LogP contribution < -0.4 is 10.1 Å². The Morgan fingerprint density at radius 2 is 1.76 bits per heavy atom. The topological polar surface area (TPSA) is 24.5 Å². The number of hydrogen-bond donors (Lipinski definition) is 1. The van der Waals surface area contributed by atoms with Crippen molar-refractivity contribution >= 4 is 0 Å². The van der Waals surface area contributed by atoms with Gasteiger partial charge in [0.25, 0.3) is 0 Å². The third-order valence-electron chi connectivity index (χ3n) is 4.48. The molecule has 1 aliphatic carbocycles. The molecule has 0 bridgehead atoms. The normalized spacial score (nSPS) is 20.9. The lowest BCUT2D eigenvalue weighted by atomic mass is 10.0. The fourth-order valence-corrected chi connectivity index (χ4v) is 3.13. The highest BCUT2D eigenvalue weighted by molar-refractivity contribution is 5.27. The van der Waals surface area contributed by atoms with Crippen LogP contribution in [0.4, 0.5) is 0 Å². The molecule has 0 atom stereocenters. The molecule has 116 valence electrons. The second kappa shape index (κ2) is 6.80. The van der Waals surface area contributed by atoms with Gasteiger partial charge in [-0.2, -0.15) is 0 Å². The van der Waals surface area contributed by atoms with E-state index in [-0.39, 0.29) is 6.10 Å². The van der Waals surface area contributed by atoms with Gasteiger partial charge in [-0.1, -0.05) is 12.1 Å². The lowest BCUT2D eigenvalue weighted by Gasteiger charge is -2.32. The summed E-state index contributed by atoms with van der Waals surface area (Å²) in [7, 11) is 0. The van der Waals surface area contributed by atoms with Crippen molar-refractivity contribution in [3.8, 4) is 5.75 Å². The van der Waals surface area contributed by atoms with Gasteiger partial charge in [0.1, 0.15) is 5.75 Å². The SMILES string of the molecule is CC(C)Oc1ccc(CNC2CCN(C3CC3)CC2)cc1. The summed E-state index contributed by atoms with van der Waals surface area (Å²) < 4.78 is 5.68. The Balaban J connectivity index is 1.40. The van der Waals surface area contributed by atoms with E-state index in [9.17, 15) is 0 Å². The summed E-state index contributed by atoms with van der Waals surface area (Å²) in [6, 6.07) is 10.1. The number of hydrogen-bond acceptors (Lipinski definition) is 3. The molecular formula is C18H28N2O. The molecule has 1 saturated carbocycles. The molecule has 1 saturated heterocycles. The van der Waals surface area contributed by atoms with Crippen molar-refractivity contribution in [2.24, 2.45) is 0 Å². The molecule has 3 rings (SSSR count). The first-order chi connectivity index (χ1) is 10.2. The van der Waals surface area contributed by atoms with E-state index in [1.165, 1.54) is 44.3 Å². The Hall–Kier alpha value is -1.06. The smallest absolute Gasteiger partial charge is 0.119 e. The molecule has 0 spiro atoms. The van der Waals surface area contributed by atoms with Gasteiger partial charge in [-0.05, 0) is 70.3 Å². The first-order valence-corrected chi connectivity index (χ1v) is 8.44. The number of likely N-dealkylation sites (tertiary alicyclic amines) is 1. The summed E-state index contributed by atoms with van der Waals surface area (Å²) in [6.07, 6.45) is 5.70. The van der Waals surface area contributed by atoms with Crippen molar-refractivity contribution < 1.29 is 4.74 Å². The molecule has 3 nitrogen and oxygen atoms in total. The van der Waals surface area contributed by atoms with Crippen molar-refractivity contribution in [2.75, 3.05) is 13.1 Å². The summed E-state index contributed by atoms with van der Waals surface area (Å²) in [4.78, 5) is 2.68. The maximum Gasteiger partial charge on any atom is 0.119 e. The van der Waals surface area contributed by atoms with E-state index < -0.39 is 0 Å². The lowest BCUT2D eigenvalue weighted by molar-refractivity contribution is 0.189. The first-order valence-electron chi connectivity index (χ1n) is 8.44. The number of rotatable bonds is 6. The van der Waals surface area contributed by atoms with Crippen molar-refractivity contribution in [1.82, 2.24) is 10.2 Å². The first kappa shape index (κ1) is 14.9. The summed E-state index contributed by atoms with van der Waals surface area (Å²) in [5, 5.41) is 3.71. The Labute approximate surface area is 128 Å². The van der Waals surface area contributed by atoms with Crippen molar-refractivity contribution in [3.05, 3.63) is 29.8 Å². The van der Waals surface area contributed by atoms with Crippen LogP contribution in [0.2, 0.25) is 0 Å². The number of nitrogens with one attached hydrogen (secondary N) is 1. The fourth-order valence-electron chi connectivity index (χ4n) is 3.13. The summed E-state index contributed by atoms with van der Waals surface area (Å²) in [6.45, 7) is 7.65. The molecule has 0 unspecified atom stereocenters. The van der Waals surface area contributed by atoms with E-state index in [1.807, 2.05) is 0 Å². The number of benzene rings is 1. The molecule has 21 heavy (non-hydrogen) atoms. The standard InChI is InChI=1S/C18H28N2O/c1-14(2)21-18-7-3-15(4-8-18)13-19-16-9-11-20(12-10-16)17-5-6-17/h3-4,7-8,14,16-17,19H,5-6,9-13H2,1-2H3. The van der Waals surface area contributed by atoms with Gasteiger partial charge in [0.05, 0.1) is 6.10 Å². The molecule has 1 heterocycles. The largest absolute Gasteiger partial charge is 0.491 e. The molecule has 1 aromatic carbocycles. The highest BCUT2D eigenvalue weighted by atomic mass is 16.5. The number of ether oxygens (including phenoxy) is 1. The van der Waals surface area contributed by atoms with Gasteiger partial charge in [0.2, 0.25) is 0 Å². The maximum atomic E-state index is 5.68. The second-order valence-electron chi connectivity index (χ2n) is 6.73. The van der Waals surface area contributed by atoms with Crippen LogP contribution in [-0.2, 0) is 6.54 Å². The van der Waals surface area contributed by atoms with E-state index in [2.05, 4.69) is 48.3 Å². The van der Waals surface area contributed by atoms with Gasteiger partial charge in [-0.25, -0.2) is 0 Å². The van der Waals surface area contributed by atoms with Gasteiger partial charge >= 0.3 is 0 Å². The van der Waals surface area contributed by atoms with Gasteiger partial charge < -0.3 is 15.0 Å². The molecular weight excluding hydrogens is 260 g/mol. The third kappa shape index (κ3) is 4.45. The molecule has 1 N–H and O–H groups in total. The van der Waals surface area contributed by atoms with Crippen LogP contribution in [0.15, 0.2) is 24.3 Å². The quantitative estimate of drug-likeness (QED) is 0.870. The highest BCUT2D eigenvalue weighted by Crippen LogP contribution is 2.29. The van der Waals surface area contributed by atoms with E-state index in [0.29, 0.717) is 6.04 Å². The predicted octanol–water partition coefficient (Wildman–Crippen LogP) is 3.19. The van der Waals surface area contributed by atoms with Crippen molar-refractivity contribution in [2.45, 2.75) is 64.3 Å². The predicted molar refractivity (Wildman–Crippen MR) is 86.7 cm³/mol. The Kier molecular flexibility index (Phi) is 4.81. The van der Waals surface area contributed by atoms with Crippen molar-refractivity contribution in [3.63, 3.8) is 0 Å². The monoisotopic (exact) mass is 288 g/mol. The maximum absolute atomic E-state index is 5.68. The summed E-state index contributed by atoms with van der Waals surface area (Å²) >= 11 is 0. The van der Waals surface area contributed by atoms with E-state index in [1.54, 1.807) is 0 Å². The molecule has 0 radical (unpaired) electrons. The Morgan fingerprint density at radius 1 is 1.10 bits per heavy atom. The zero-order chi connectivity index (χ0) is 14.7. The van der Waals surface area contributed by atoms with Crippen LogP contribution in [-0.4, -0.2) is 36.2 Å². The minimum absolute atomic E-state index is 0.241.